The van der Waals surface area contributed by atoms with Gasteiger partial charge >= 0.3 is 5.97 Å². The summed E-state index contributed by atoms with van der Waals surface area (Å²) in [6.07, 6.45) is 1.01. The average Bonchev–Trinajstić information content (AvgIpc) is 3.05. The average molecular weight is 364 g/mol. The molecule has 27 heavy (non-hydrogen) atoms. The van der Waals surface area contributed by atoms with E-state index in [4.69, 9.17) is 4.74 Å². The van der Waals surface area contributed by atoms with Gasteiger partial charge in [-0.05, 0) is 43.5 Å². The molecular weight excluding hydrogens is 340 g/mol. The van der Waals surface area contributed by atoms with Crippen molar-refractivity contribution in [3.05, 3.63) is 59.2 Å². The Morgan fingerprint density at radius 2 is 1.89 bits per heavy atom. The molecule has 140 valence electrons. The van der Waals surface area contributed by atoms with Gasteiger partial charge in [0, 0.05) is 17.7 Å². The number of methoxy groups -OCH3 is 1. The van der Waals surface area contributed by atoms with Crippen LogP contribution < -0.4 is 9.80 Å². The smallest absolute Gasteiger partial charge is 0.337 e. The van der Waals surface area contributed by atoms with Crippen LogP contribution >= 0.6 is 0 Å². The van der Waals surface area contributed by atoms with Crippen LogP contribution in [0.2, 0.25) is 0 Å². The number of rotatable bonds is 4. The Balaban J connectivity index is 1.90. The lowest BCUT2D eigenvalue weighted by atomic mass is 9.98. The predicted octanol–water partition coefficient (Wildman–Crippen LogP) is 4.17. The molecule has 0 spiro atoms. The molecule has 1 unspecified atom stereocenters. The fraction of sp³-hybridized carbons (Fsp3) is 0.364. The van der Waals surface area contributed by atoms with Gasteiger partial charge in [0.25, 0.3) is 5.91 Å². The number of esters is 1. The number of anilines is 2. The summed E-state index contributed by atoms with van der Waals surface area (Å²) < 4.78 is 4.87. The Hall–Kier alpha value is -2.82. The second-order valence-corrected chi connectivity index (χ2v) is 7.74. The highest BCUT2D eigenvalue weighted by molar-refractivity contribution is 6.16. The minimum atomic E-state index is -0.584. The number of nitrogens with zero attached hydrogens (tertiary/aromatic N) is 2. The van der Waals surface area contributed by atoms with E-state index in [-0.39, 0.29) is 5.91 Å². The third-order valence-electron chi connectivity index (χ3n) is 5.69. The zero-order chi connectivity index (χ0) is 19.3. The van der Waals surface area contributed by atoms with E-state index in [0.29, 0.717) is 11.5 Å². The number of amides is 1. The summed E-state index contributed by atoms with van der Waals surface area (Å²) in [6, 6.07) is 13.3. The van der Waals surface area contributed by atoms with Gasteiger partial charge in [0.2, 0.25) is 0 Å². The van der Waals surface area contributed by atoms with Gasteiger partial charge in [-0.2, -0.15) is 0 Å². The molecule has 0 saturated heterocycles. The molecule has 4 rings (SSSR count). The van der Waals surface area contributed by atoms with Crippen LogP contribution in [0.4, 0.5) is 11.4 Å². The number of carbonyl (C=O) groups excluding carboxylic acids is 2. The second-order valence-electron chi connectivity index (χ2n) is 7.74. The Morgan fingerprint density at radius 3 is 2.59 bits per heavy atom. The molecule has 1 amide bonds. The van der Waals surface area contributed by atoms with Crippen molar-refractivity contribution in [2.45, 2.75) is 32.9 Å². The molecule has 0 fully saturated rings. The van der Waals surface area contributed by atoms with Crippen LogP contribution in [0.5, 0.6) is 0 Å². The first kappa shape index (κ1) is 17.6. The lowest BCUT2D eigenvalue weighted by molar-refractivity contribution is 0.0600. The molecule has 2 aliphatic heterocycles. The Kier molecular flexibility index (Phi) is 3.98. The lowest BCUT2D eigenvalue weighted by Crippen LogP contribution is -2.50. The summed E-state index contributed by atoms with van der Waals surface area (Å²) in [5, 5.41) is 0. The molecule has 2 aromatic carbocycles. The maximum absolute atomic E-state index is 13.3. The van der Waals surface area contributed by atoms with Crippen LogP contribution in [0.15, 0.2) is 42.5 Å². The molecule has 0 bridgehead atoms. The van der Waals surface area contributed by atoms with Gasteiger partial charge < -0.3 is 9.64 Å². The first-order valence-corrected chi connectivity index (χ1v) is 9.33. The van der Waals surface area contributed by atoms with E-state index in [9.17, 15) is 9.59 Å². The van der Waals surface area contributed by atoms with E-state index in [0.717, 1.165) is 35.5 Å². The van der Waals surface area contributed by atoms with Crippen molar-refractivity contribution in [2.75, 3.05) is 23.5 Å². The highest BCUT2D eigenvalue weighted by Gasteiger charge is 2.56. The van der Waals surface area contributed by atoms with E-state index < -0.39 is 11.6 Å². The van der Waals surface area contributed by atoms with Crippen molar-refractivity contribution in [2.24, 2.45) is 5.92 Å². The second kappa shape index (κ2) is 6.12. The summed E-state index contributed by atoms with van der Waals surface area (Å²) in [6.45, 7) is 7.32. The van der Waals surface area contributed by atoms with Crippen molar-refractivity contribution in [1.29, 1.82) is 0 Å². The van der Waals surface area contributed by atoms with Gasteiger partial charge in [0.15, 0.2) is 0 Å². The number of hydrogen-bond acceptors (Lipinski definition) is 4. The van der Waals surface area contributed by atoms with Crippen LogP contribution in [0, 0.1) is 5.92 Å². The largest absolute Gasteiger partial charge is 0.465 e. The predicted molar refractivity (Wildman–Crippen MR) is 105 cm³/mol. The molecule has 0 N–H and O–H groups in total. The molecule has 0 saturated carbocycles. The zero-order valence-electron chi connectivity index (χ0n) is 16.2. The Labute approximate surface area is 159 Å². The fourth-order valence-electron chi connectivity index (χ4n) is 4.27. The number of carbonyl (C=O) groups is 2. The Morgan fingerprint density at radius 1 is 1.15 bits per heavy atom. The molecule has 0 aromatic heterocycles. The number of fused-ring (bicyclic) bond motifs is 5. The van der Waals surface area contributed by atoms with Crippen molar-refractivity contribution >= 4 is 23.3 Å². The minimum absolute atomic E-state index is 0.0246. The van der Waals surface area contributed by atoms with E-state index in [1.165, 1.54) is 7.11 Å². The van der Waals surface area contributed by atoms with Crippen molar-refractivity contribution in [3.8, 4) is 0 Å². The highest BCUT2D eigenvalue weighted by atomic mass is 16.5. The molecule has 1 atom stereocenters. The maximum Gasteiger partial charge on any atom is 0.337 e. The normalized spacial score (nSPS) is 20.0. The third-order valence-corrected chi connectivity index (χ3v) is 5.69. The molecular formula is C22H24N2O3. The van der Waals surface area contributed by atoms with Crippen molar-refractivity contribution in [3.63, 3.8) is 0 Å². The number of benzene rings is 2. The SMILES string of the molecule is COC(=O)c1ccc2c(c1)N1C(=O)c3ccccc3C1(C)N2CCC(C)C. The van der Waals surface area contributed by atoms with E-state index >= 15 is 0 Å². The van der Waals surface area contributed by atoms with Gasteiger partial charge in [-0.15, -0.1) is 0 Å². The lowest BCUT2D eigenvalue weighted by Gasteiger charge is -2.38. The topological polar surface area (TPSA) is 49.9 Å². The summed E-state index contributed by atoms with van der Waals surface area (Å²) in [4.78, 5) is 29.4. The van der Waals surface area contributed by atoms with Crippen LogP contribution in [-0.4, -0.2) is 25.5 Å². The van der Waals surface area contributed by atoms with E-state index in [1.807, 2.05) is 35.2 Å². The molecule has 2 heterocycles. The van der Waals surface area contributed by atoms with Gasteiger partial charge in [-0.25, -0.2) is 4.79 Å². The van der Waals surface area contributed by atoms with Gasteiger partial charge in [0.1, 0.15) is 5.66 Å². The summed E-state index contributed by atoms with van der Waals surface area (Å²) >= 11 is 0. The molecule has 0 radical (unpaired) electrons. The standard InChI is InChI=1S/C22H24N2O3/c1-14(2)11-12-23-18-10-9-15(21(26)27-4)13-19(18)24-20(25)16-7-5-6-8-17(16)22(23,24)3/h5-10,13-14H,11-12H2,1-4H3. The molecule has 2 aliphatic rings. The molecule has 5 heteroatoms. The molecule has 0 aliphatic carbocycles. The van der Waals surface area contributed by atoms with Crippen molar-refractivity contribution in [1.82, 2.24) is 0 Å². The van der Waals surface area contributed by atoms with Gasteiger partial charge in [-0.1, -0.05) is 32.0 Å². The van der Waals surface area contributed by atoms with Gasteiger partial charge in [0.05, 0.1) is 24.0 Å². The quantitative estimate of drug-likeness (QED) is 0.764. The van der Waals surface area contributed by atoms with Crippen LogP contribution in [0.3, 0.4) is 0 Å². The molecule has 2 aromatic rings. The maximum atomic E-state index is 13.3. The Bertz CT molecular complexity index is 937. The first-order chi connectivity index (χ1) is 12.9. The third kappa shape index (κ3) is 2.37. The number of hydrogen-bond donors (Lipinski definition) is 0. The van der Waals surface area contributed by atoms with Crippen LogP contribution in [0.25, 0.3) is 0 Å². The molecule has 5 nitrogen and oxygen atoms in total. The summed E-state index contributed by atoms with van der Waals surface area (Å²) in [7, 11) is 1.37. The van der Waals surface area contributed by atoms with E-state index in [2.05, 4.69) is 25.7 Å². The highest BCUT2D eigenvalue weighted by Crippen LogP contribution is 2.55. The van der Waals surface area contributed by atoms with Crippen LogP contribution in [-0.2, 0) is 10.4 Å². The minimum Gasteiger partial charge on any atom is -0.465 e. The monoisotopic (exact) mass is 364 g/mol. The zero-order valence-corrected chi connectivity index (χ0v) is 16.2. The fourth-order valence-corrected chi connectivity index (χ4v) is 4.27. The van der Waals surface area contributed by atoms with Gasteiger partial charge in [-0.3, -0.25) is 9.69 Å². The first-order valence-electron chi connectivity index (χ1n) is 9.33. The van der Waals surface area contributed by atoms with E-state index in [1.54, 1.807) is 12.1 Å². The van der Waals surface area contributed by atoms with Crippen LogP contribution in [0.1, 0.15) is 53.5 Å². The number of ether oxygens (including phenoxy) is 1. The summed E-state index contributed by atoms with van der Waals surface area (Å²) in [5.41, 5.74) is 3.35. The summed E-state index contributed by atoms with van der Waals surface area (Å²) in [5.74, 6) is 0.125. The van der Waals surface area contributed by atoms with Crippen molar-refractivity contribution < 1.29 is 14.3 Å².